The highest BCUT2D eigenvalue weighted by molar-refractivity contribution is 5.94. The Morgan fingerprint density at radius 2 is 1.71 bits per heavy atom. The Morgan fingerprint density at radius 1 is 1.00 bits per heavy atom. The first kappa shape index (κ1) is 18.0. The highest BCUT2D eigenvalue weighted by Crippen LogP contribution is 2.27. The number of nitrogens with one attached hydrogen (secondary N) is 1. The summed E-state index contributed by atoms with van der Waals surface area (Å²) < 4.78 is 1.87. The smallest absolute Gasteiger partial charge is 0.307 e. The fraction of sp³-hybridized carbons (Fsp3) is 0.227. The minimum absolute atomic E-state index is 0.0654. The van der Waals surface area contributed by atoms with Crippen LogP contribution in [0.4, 0.5) is 0 Å². The zero-order valence-electron chi connectivity index (χ0n) is 15.4. The van der Waals surface area contributed by atoms with Crippen molar-refractivity contribution in [1.82, 2.24) is 15.1 Å². The van der Waals surface area contributed by atoms with Gasteiger partial charge in [0.1, 0.15) is 0 Å². The van der Waals surface area contributed by atoms with Crippen LogP contribution in [-0.2, 0) is 30.6 Å². The quantitative estimate of drug-likeness (QED) is 0.694. The Kier molecular flexibility index (Phi) is 4.93. The maximum Gasteiger partial charge on any atom is 0.307 e. The Balaban J connectivity index is 1.56. The van der Waals surface area contributed by atoms with Crippen molar-refractivity contribution >= 4 is 11.9 Å². The van der Waals surface area contributed by atoms with Crippen LogP contribution >= 0.6 is 0 Å². The molecular weight excluding hydrogens is 354 g/mol. The molecule has 6 nitrogen and oxygen atoms in total. The van der Waals surface area contributed by atoms with Crippen molar-refractivity contribution < 1.29 is 14.7 Å². The number of fused-ring (bicyclic) bond motifs is 1. The van der Waals surface area contributed by atoms with E-state index in [0.29, 0.717) is 11.3 Å². The third-order valence-corrected chi connectivity index (χ3v) is 5.05. The number of amides is 1. The number of para-hydroxylation sites is 1. The third kappa shape index (κ3) is 3.53. The number of aliphatic carboxylic acids is 1. The van der Waals surface area contributed by atoms with E-state index in [0.717, 1.165) is 41.8 Å². The van der Waals surface area contributed by atoms with Gasteiger partial charge >= 0.3 is 5.97 Å². The number of carboxylic acid groups (broad SMARTS) is 1. The second-order valence-electron chi connectivity index (χ2n) is 6.90. The molecule has 0 unspecified atom stereocenters. The fourth-order valence-electron chi connectivity index (χ4n) is 3.73. The van der Waals surface area contributed by atoms with Crippen LogP contribution in [0.3, 0.4) is 0 Å². The van der Waals surface area contributed by atoms with Gasteiger partial charge < -0.3 is 10.4 Å². The molecule has 4 rings (SSSR count). The molecule has 2 aromatic carbocycles. The van der Waals surface area contributed by atoms with Crippen LogP contribution in [-0.4, -0.2) is 26.8 Å². The lowest BCUT2D eigenvalue weighted by Crippen LogP contribution is -2.25. The standard InChI is InChI=1S/C22H21N3O3/c26-20(27)13-15-7-4-5-8-16(15)14-23-22(28)21-18-11-6-12-19(18)25(24-21)17-9-2-1-3-10-17/h1-5,7-10H,6,11-14H2,(H,23,28)(H,26,27). The maximum absolute atomic E-state index is 12.9. The molecule has 0 fully saturated rings. The molecule has 0 bridgehead atoms. The molecule has 1 aliphatic rings. The van der Waals surface area contributed by atoms with E-state index in [2.05, 4.69) is 10.4 Å². The minimum Gasteiger partial charge on any atom is -0.481 e. The molecule has 1 aliphatic carbocycles. The van der Waals surface area contributed by atoms with Gasteiger partial charge in [-0.2, -0.15) is 5.10 Å². The summed E-state index contributed by atoms with van der Waals surface area (Å²) in [6.07, 6.45) is 2.71. The van der Waals surface area contributed by atoms with Crippen LogP contribution in [0.2, 0.25) is 0 Å². The van der Waals surface area contributed by atoms with Crippen molar-refractivity contribution in [3.8, 4) is 5.69 Å². The van der Waals surface area contributed by atoms with Gasteiger partial charge in [0.25, 0.3) is 5.91 Å². The number of rotatable bonds is 6. The molecule has 1 heterocycles. The van der Waals surface area contributed by atoms with Gasteiger partial charge in [0.2, 0.25) is 0 Å². The lowest BCUT2D eigenvalue weighted by Gasteiger charge is -2.09. The van der Waals surface area contributed by atoms with Crippen LogP contribution in [0.5, 0.6) is 0 Å². The minimum atomic E-state index is -0.891. The molecule has 0 spiro atoms. The number of nitrogens with zero attached hydrogens (tertiary/aromatic N) is 2. The summed E-state index contributed by atoms with van der Waals surface area (Å²) in [6, 6.07) is 17.1. The van der Waals surface area contributed by atoms with Gasteiger partial charge in [-0.1, -0.05) is 42.5 Å². The average molecular weight is 375 g/mol. The first-order valence-corrected chi connectivity index (χ1v) is 9.36. The molecule has 2 N–H and O–H groups in total. The van der Waals surface area contributed by atoms with E-state index in [4.69, 9.17) is 5.11 Å². The first-order chi connectivity index (χ1) is 13.6. The fourth-order valence-corrected chi connectivity index (χ4v) is 3.73. The van der Waals surface area contributed by atoms with Crippen LogP contribution in [0, 0.1) is 0 Å². The topological polar surface area (TPSA) is 84.2 Å². The van der Waals surface area contributed by atoms with Crippen molar-refractivity contribution in [3.63, 3.8) is 0 Å². The van der Waals surface area contributed by atoms with E-state index in [1.54, 1.807) is 12.1 Å². The van der Waals surface area contributed by atoms with Gasteiger partial charge in [-0.05, 0) is 42.5 Å². The predicted molar refractivity (Wildman–Crippen MR) is 105 cm³/mol. The predicted octanol–water partition coefficient (Wildman–Crippen LogP) is 2.92. The lowest BCUT2D eigenvalue weighted by atomic mass is 10.0. The van der Waals surface area contributed by atoms with Crippen molar-refractivity contribution in [2.24, 2.45) is 0 Å². The van der Waals surface area contributed by atoms with Crippen molar-refractivity contribution in [2.75, 3.05) is 0 Å². The third-order valence-electron chi connectivity index (χ3n) is 5.05. The first-order valence-electron chi connectivity index (χ1n) is 9.36. The summed E-state index contributed by atoms with van der Waals surface area (Å²) in [5.41, 5.74) is 5.04. The molecule has 0 atom stereocenters. The molecule has 0 saturated heterocycles. The highest BCUT2D eigenvalue weighted by Gasteiger charge is 2.26. The average Bonchev–Trinajstić information content (AvgIpc) is 3.30. The largest absolute Gasteiger partial charge is 0.481 e. The van der Waals surface area contributed by atoms with Gasteiger partial charge in [0.05, 0.1) is 12.1 Å². The lowest BCUT2D eigenvalue weighted by molar-refractivity contribution is -0.136. The van der Waals surface area contributed by atoms with Crippen molar-refractivity contribution in [3.05, 3.63) is 82.7 Å². The van der Waals surface area contributed by atoms with Crippen LogP contribution < -0.4 is 5.32 Å². The van der Waals surface area contributed by atoms with Gasteiger partial charge in [0.15, 0.2) is 5.69 Å². The second kappa shape index (κ2) is 7.68. The van der Waals surface area contributed by atoms with E-state index >= 15 is 0 Å². The van der Waals surface area contributed by atoms with Crippen molar-refractivity contribution in [2.45, 2.75) is 32.2 Å². The summed E-state index contributed by atoms with van der Waals surface area (Å²) in [5.74, 6) is -1.11. The molecule has 142 valence electrons. The Bertz CT molecular complexity index is 1020. The molecule has 28 heavy (non-hydrogen) atoms. The SMILES string of the molecule is O=C(O)Cc1ccccc1CNC(=O)c1nn(-c2ccccc2)c2c1CCC2. The number of aromatic nitrogens is 2. The number of carboxylic acids is 1. The Hall–Kier alpha value is -3.41. The number of hydrogen-bond acceptors (Lipinski definition) is 3. The van der Waals surface area contributed by atoms with Crippen LogP contribution in [0.25, 0.3) is 5.69 Å². The van der Waals surface area contributed by atoms with E-state index in [1.807, 2.05) is 47.1 Å². The molecule has 0 radical (unpaired) electrons. The number of hydrogen-bond donors (Lipinski definition) is 2. The van der Waals surface area contributed by atoms with Crippen LogP contribution in [0.1, 0.15) is 39.3 Å². The number of carbonyl (C=O) groups excluding carboxylic acids is 1. The number of carbonyl (C=O) groups is 2. The van der Waals surface area contributed by atoms with Gasteiger partial charge in [-0.25, -0.2) is 4.68 Å². The monoisotopic (exact) mass is 375 g/mol. The van der Waals surface area contributed by atoms with Gasteiger partial charge in [-0.3, -0.25) is 9.59 Å². The van der Waals surface area contributed by atoms with Gasteiger partial charge in [-0.15, -0.1) is 0 Å². The highest BCUT2D eigenvalue weighted by atomic mass is 16.4. The van der Waals surface area contributed by atoms with E-state index in [-0.39, 0.29) is 18.9 Å². The molecule has 0 aliphatic heterocycles. The molecule has 1 amide bonds. The summed E-state index contributed by atoms with van der Waals surface area (Å²) in [6.45, 7) is 0.273. The van der Waals surface area contributed by atoms with Gasteiger partial charge in [0, 0.05) is 17.8 Å². The van der Waals surface area contributed by atoms with E-state index in [1.165, 1.54) is 0 Å². The van der Waals surface area contributed by atoms with E-state index < -0.39 is 5.97 Å². The normalized spacial score (nSPS) is 12.6. The summed E-state index contributed by atoms with van der Waals surface area (Å²) in [5, 5.41) is 16.6. The zero-order valence-corrected chi connectivity index (χ0v) is 15.4. The Labute approximate surface area is 162 Å². The molecular formula is C22H21N3O3. The Morgan fingerprint density at radius 3 is 2.46 bits per heavy atom. The summed E-state index contributed by atoms with van der Waals surface area (Å²) in [7, 11) is 0. The number of benzene rings is 2. The van der Waals surface area contributed by atoms with E-state index in [9.17, 15) is 9.59 Å². The molecule has 1 aromatic heterocycles. The maximum atomic E-state index is 12.9. The molecule has 3 aromatic rings. The molecule has 6 heteroatoms. The molecule has 0 saturated carbocycles. The second-order valence-corrected chi connectivity index (χ2v) is 6.90. The van der Waals surface area contributed by atoms with Crippen molar-refractivity contribution in [1.29, 1.82) is 0 Å². The van der Waals surface area contributed by atoms with Crippen LogP contribution in [0.15, 0.2) is 54.6 Å². The zero-order chi connectivity index (χ0) is 19.5. The summed E-state index contributed by atoms with van der Waals surface area (Å²) in [4.78, 5) is 23.9. The summed E-state index contributed by atoms with van der Waals surface area (Å²) >= 11 is 0.